The molecule has 0 aromatic heterocycles. The fourth-order valence-corrected chi connectivity index (χ4v) is 2.40. The summed E-state index contributed by atoms with van der Waals surface area (Å²) in [5.41, 5.74) is 2.92. The smallest absolute Gasteiger partial charge is 0.269 e. The summed E-state index contributed by atoms with van der Waals surface area (Å²) in [5, 5.41) is 10.6. The molecule has 0 aliphatic carbocycles. The molecule has 1 aliphatic rings. The van der Waals surface area contributed by atoms with Gasteiger partial charge in [-0.05, 0) is 29.8 Å². The van der Waals surface area contributed by atoms with Crippen molar-refractivity contribution in [1.29, 1.82) is 0 Å². The molecule has 0 N–H and O–H groups in total. The lowest BCUT2D eigenvalue weighted by Gasteiger charge is -2.28. The van der Waals surface area contributed by atoms with Crippen LogP contribution in [0.5, 0.6) is 0 Å². The molecule has 6 nitrogen and oxygen atoms in total. The Morgan fingerprint density at radius 1 is 1.04 bits per heavy atom. The molecule has 0 bridgehead atoms. The van der Waals surface area contributed by atoms with Crippen molar-refractivity contribution in [1.82, 2.24) is 0 Å². The van der Waals surface area contributed by atoms with Crippen molar-refractivity contribution in [2.75, 3.05) is 31.2 Å². The van der Waals surface area contributed by atoms with Crippen LogP contribution in [-0.4, -0.2) is 37.4 Å². The van der Waals surface area contributed by atoms with Crippen LogP contribution in [0.1, 0.15) is 5.56 Å². The summed E-state index contributed by atoms with van der Waals surface area (Å²) in [6.07, 6.45) is 1.75. The van der Waals surface area contributed by atoms with Gasteiger partial charge in [-0.25, -0.2) is 0 Å². The Morgan fingerprint density at radius 3 is 2.30 bits per heavy atom. The van der Waals surface area contributed by atoms with Gasteiger partial charge in [0.25, 0.3) is 5.69 Å². The first-order valence-corrected chi connectivity index (χ1v) is 7.44. The second kappa shape index (κ2) is 7.02. The first kappa shape index (κ1) is 15.2. The minimum absolute atomic E-state index is 0.0683. The van der Waals surface area contributed by atoms with Crippen LogP contribution in [-0.2, 0) is 4.74 Å². The van der Waals surface area contributed by atoms with Crippen molar-refractivity contribution in [2.24, 2.45) is 4.99 Å². The number of hydrogen-bond donors (Lipinski definition) is 0. The fraction of sp³-hybridized carbons (Fsp3) is 0.235. The number of aliphatic imine (C=N–C) groups is 1. The van der Waals surface area contributed by atoms with Crippen molar-refractivity contribution >= 4 is 23.3 Å². The maximum atomic E-state index is 10.6. The maximum absolute atomic E-state index is 10.6. The van der Waals surface area contributed by atoms with Gasteiger partial charge in [0.1, 0.15) is 0 Å². The van der Waals surface area contributed by atoms with Crippen LogP contribution < -0.4 is 4.90 Å². The van der Waals surface area contributed by atoms with Gasteiger partial charge in [-0.15, -0.1) is 0 Å². The summed E-state index contributed by atoms with van der Waals surface area (Å²) in [5.74, 6) is 0. The van der Waals surface area contributed by atoms with Crippen LogP contribution in [0.3, 0.4) is 0 Å². The minimum atomic E-state index is -0.419. The number of nitro groups is 1. The van der Waals surface area contributed by atoms with Gasteiger partial charge in [0, 0.05) is 37.1 Å². The molecule has 0 radical (unpaired) electrons. The van der Waals surface area contributed by atoms with Gasteiger partial charge >= 0.3 is 0 Å². The average molecular weight is 311 g/mol. The molecule has 3 rings (SSSR count). The molecule has 118 valence electrons. The second-order valence-electron chi connectivity index (χ2n) is 5.22. The summed E-state index contributed by atoms with van der Waals surface area (Å²) in [6, 6.07) is 14.3. The Balaban J connectivity index is 1.66. The number of hydrogen-bond acceptors (Lipinski definition) is 5. The number of ether oxygens (including phenoxy) is 1. The van der Waals surface area contributed by atoms with Gasteiger partial charge in [0.15, 0.2) is 0 Å². The van der Waals surface area contributed by atoms with Crippen LogP contribution in [0.25, 0.3) is 0 Å². The SMILES string of the molecule is O=[N+]([O-])c1ccc(N=Cc2ccc(N3CCOCC3)cc2)cc1. The number of nitro benzene ring substituents is 1. The molecule has 0 atom stereocenters. The van der Waals surface area contributed by atoms with E-state index < -0.39 is 4.92 Å². The number of morpholine rings is 1. The quantitative estimate of drug-likeness (QED) is 0.494. The lowest BCUT2D eigenvalue weighted by atomic mass is 10.2. The second-order valence-corrected chi connectivity index (χ2v) is 5.22. The van der Waals surface area contributed by atoms with Crippen molar-refractivity contribution < 1.29 is 9.66 Å². The van der Waals surface area contributed by atoms with E-state index in [2.05, 4.69) is 22.0 Å². The third-order valence-corrected chi connectivity index (χ3v) is 3.69. The predicted octanol–water partition coefficient (Wildman–Crippen LogP) is 3.18. The number of nitrogens with zero attached hydrogens (tertiary/aromatic N) is 3. The summed E-state index contributed by atoms with van der Waals surface area (Å²) in [4.78, 5) is 16.8. The molecule has 1 saturated heterocycles. The van der Waals surface area contributed by atoms with E-state index >= 15 is 0 Å². The van der Waals surface area contributed by atoms with E-state index in [1.807, 2.05) is 12.1 Å². The van der Waals surface area contributed by atoms with Crippen molar-refractivity contribution in [3.63, 3.8) is 0 Å². The Kier molecular flexibility index (Phi) is 4.63. The first-order valence-electron chi connectivity index (χ1n) is 7.44. The molecule has 0 spiro atoms. The van der Waals surface area contributed by atoms with Gasteiger partial charge in [-0.2, -0.15) is 0 Å². The van der Waals surface area contributed by atoms with Crippen molar-refractivity contribution in [3.8, 4) is 0 Å². The van der Waals surface area contributed by atoms with Gasteiger partial charge < -0.3 is 9.64 Å². The highest BCUT2D eigenvalue weighted by molar-refractivity contribution is 5.82. The Hall–Kier alpha value is -2.73. The van der Waals surface area contributed by atoms with E-state index in [1.54, 1.807) is 18.3 Å². The molecular formula is C17H17N3O3. The standard InChI is InChI=1S/C17H17N3O3/c21-20(22)17-7-3-15(4-8-17)18-13-14-1-5-16(6-2-14)19-9-11-23-12-10-19/h1-8,13H,9-12H2. The summed E-state index contributed by atoms with van der Waals surface area (Å²) in [6.45, 7) is 3.36. The lowest BCUT2D eigenvalue weighted by Crippen LogP contribution is -2.36. The summed E-state index contributed by atoms with van der Waals surface area (Å²) >= 11 is 0. The zero-order valence-corrected chi connectivity index (χ0v) is 12.6. The summed E-state index contributed by atoms with van der Waals surface area (Å²) < 4.78 is 5.35. The molecule has 0 amide bonds. The van der Waals surface area contributed by atoms with Gasteiger partial charge in [0.05, 0.1) is 23.8 Å². The van der Waals surface area contributed by atoms with Crippen LogP contribution in [0.4, 0.5) is 17.1 Å². The highest BCUT2D eigenvalue weighted by Crippen LogP contribution is 2.19. The minimum Gasteiger partial charge on any atom is -0.378 e. The maximum Gasteiger partial charge on any atom is 0.269 e. The van der Waals surface area contributed by atoms with E-state index in [0.29, 0.717) is 5.69 Å². The molecule has 0 saturated carbocycles. The zero-order chi connectivity index (χ0) is 16.1. The molecule has 2 aromatic rings. The fourth-order valence-electron chi connectivity index (χ4n) is 2.40. The summed E-state index contributed by atoms with van der Waals surface area (Å²) in [7, 11) is 0. The van der Waals surface area contributed by atoms with Gasteiger partial charge in [-0.3, -0.25) is 15.1 Å². The van der Waals surface area contributed by atoms with Crippen LogP contribution in [0.15, 0.2) is 53.5 Å². The highest BCUT2D eigenvalue weighted by atomic mass is 16.6. The normalized spacial score (nSPS) is 15.0. The Morgan fingerprint density at radius 2 is 1.70 bits per heavy atom. The molecule has 6 heteroatoms. The van der Waals surface area contributed by atoms with Crippen LogP contribution in [0.2, 0.25) is 0 Å². The van der Waals surface area contributed by atoms with E-state index in [9.17, 15) is 10.1 Å². The zero-order valence-electron chi connectivity index (χ0n) is 12.6. The van der Waals surface area contributed by atoms with E-state index in [4.69, 9.17) is 4.74 Å². The number of anilines is 1. The topological polar surface area (TPSA) is 68.0 Å². The van der Waals surface area contributed by atoms with Crippen LogP contribution in [0, 0.1) is 10.1 Å². The monoisotopic (exact) mass is 311 g/mol. The van der Waals surface area contributed by atoms with E-state index in [-0.39, 0.29) is 5.69 Å². The van der Waals surface area contributed by atoms with Crippen molar-refractivity contribution in [3.05, 3.63) is 64.2 Å². The molecule has 23 heavy (non-hydrogen) atoms. The Labute approximate surface area is 134 Å². The third-order valence-electron chi connectivity index (χ3n) is 3.69. The van der Waals surface area contributed by atoms with Crippen LogP contribution >= 0.6 is 0 Å². The first-order chi connectivity index (χ1) is 11.2. The Bertz CT molecular complexity index is 690. The van der Waals surface area contributed by atoms with E-state index in [1.165, 1.54) is 17.8 Å². The largest absolute Gasteiger partial charge is 0.378 e. The lowest BCUT2D eigenvalue weighted by molar-refractivity contribution is -0.384. The van der Waals surface area contributed by atoms with Crippen molar-refractivity contribution in [2.45, 2.75) is 0 Å². The van der Waals surface area contributed by atoms with Gasteiger partial charge in [0.2, 0.25) is 0 Å². The molecule has 1 aliphatic heterocycles. The van der Waals surface area contributed by atoms with Gasteiger partial charge in [-0.1, -0.05) is 12.1 Å². The molecule has 1 fully saturated rings. The predicted molar refractivity (Wildman–Crippen MR) is 89.8 cm³/mol. The molecule has 0 unspecified atom stereocenters. The average Bonchev–Trinajstić information content (AvgIpc) is 2.61. The molecule has 1 heterocycles. The molecular weight excluding hydrogens is 294 g/mol. The molecule has 2 aromatic carbocycles. The highest BCUT2D eigenvalue weighted by Gasteiger charge is 2.10. The number of benzene rings is 2. The number of rotatable bonds is 4. The van der Waals surface area contributed by atoms with E-state index in [0.717, 1.165) is 31.9 Å². The number of non-ortho nitro benzene ring substituents is 1. The third kappa shape index (κ3) is 3.92.